The van der Waals surface area contributed by atoms with E-state index in [1.54, 1.807) is 27.7 Å². The van der Waals surface area contributed by atoms with Crippen molar-refractivity contribution in [1.82, 2.24) is 16.0 Å². The van der Waals surface area contributed by atoms with Crippen molar-refractivity contribution in [1.29, 1.82) is 0 Å². The number of carbonyl (C=O) groups is 3. The molecule has 0 saturated carbocycles. The summed E-state index contributed by atoms with van der Waals surface area (Å²) in [6, 6.07) is 22.2. The van der Waals surface area contributed by atoms with E-state index < -0.39 is 29.7 Å². The molecule has 202 valence electrons. The Balaban J connectivity index is 1.54. The van der Waals surface area contributed by atoms with Gasteiger partial charge in [-0.25, -0.2) is 4.79 Å². The van der Waals surface area contributed by atoms with E-state index in [4.69, 9.17) is 9.47 Å². The maximum Gasteiger partial charge on any atom is 0.407 e. The number of fused-ring (bicyclic) bond motifs is 1. The third-order valence-corrected chi connectivity index (χ3v) is 5.77. The van der Waals surface area contributed by atoms with E-state index in [1.807, 2.05) is 72.8 Å². The smallest absolute Gasteiger partial charge is 0.407 e. The molecular weight excluding hydrogens is 482 g/mol. The first-order chi connectivity index (χ1) is 18.1. The Hall–Kier alpha value is -3.91. The third-order valence-electron chi connectivity index (χ3n) is 5.77. The second-order valence-electron chi connectivity index (χ2n) is 10.2. The van der Waals surface area contributed by atoms with Crippen molar-refractivity contribution in [2.75, 3.05) is 6.54 Å². The Morgan fingerprint density at radius 1 is 0.895 bits per heavy atom. The van der Waals surface area contributed by atoms with E-state index in [1.165, 1.54) is 0 Å². The van der Waals surface area contributed by atoms with Gasteiger partial charge in [0.1, 0.15) is 12.2 Å². The lowest BCUT2D eigenvalue weighted by Gasteiger charge is -2.24. The molecule has 0 spiro atoms. The third kappa shape index (κ3) is 9.52. The number of hydrogen-bond acceptors (Lipinski definition) is 6. The fourth-order valence-corrected chi connectivity index (χ4v) is 3.84. The Kier molecular flexibility index (Phi) is 10.2. The van der Waals surface area contributed by atoms with Gasteiger partial charge < -0.3 is 25.4 Å². The van der Waals surface area contributed by atoms with Crippen LogP contribution in [0.25, 0.3) is 10.8 Å². The summed E-state index contributed by atoms with van der Waals surface area (Å²) in [7, 11) is 0. The van der Waals surface area contributed by atoms with Crippen molar-refractivity contribution in [3.05, 3.63) is 83.9 Å². The zero-order valence-electron chi connectivity index (χ0n) is 22.5. The molecule has 0 bridgehead atoms. The number of hydrogen-bond donors (Lipinski definition) is 3. The molecule has 0 fully saturated rings. The first kappa shape index (κ1) is 28.7. The van der Waals surface area contributed by atoms with Crippen LogP contribution < -0.4 is 16.0 Å². The lowest BCUT2D eigenvalue weighted by molar-refractivity contribution is -0.145. The van der Waals surface area contributed by atoms with Crippen molar-refractivity contribution in [2.24, 2.45) is 0 Å². The summed E-state index contributed by atoms with van der Waals surface area (Å²) in [6.07, 6.45) is -0.725. The van der Waals surface area contributed by atoms with E-state index in [0.29, 0.717) is 6.54 Å². The number of nitrogens with one attached hydrogen (secondary N) is 3. The zero-order chi connectivity index (χ0) is 27.5. The van der Waals surface area contributed by atoms with Crippen molar-refractivity contribution in [3.8, 4) is 0 Å². The van der Waals surface area contributed by atoms with E-state index in [-0.39, 0.29) is 25.5 Å². The molecule has 0 saturated heterocycles. The molecule has 0 aliphatic rings. The van der Waals surface area contributed by atoms with Crippen molar-refractivity contribution in [3.63, 3.8) is 0 Å². The van der Waals surface area contributed by atoms with E-state index in [2.05, 4.69) is 16.0 Å². The fraction of sp³-hybridized carbons (Fsp3) is 0.367. The highest BCUT2D eigenvalue weighted by Gasteiger charge is 2.23. The number of rotatable bonds is 11. The summed E-state index contributed by atoms with van der Waals surface area (Å²) < 4.78 is 10.7. The highest BCUT2D eigenvalue weighted by atomic mass is 16.6. The Labute approximate surface area is 224 Å². The van der Waals surface area contributed by atoms with Crippen LogP contribution in [0.15, 0.2) is 72.8 Å². The predicted octanol–water partition coefficient (Wildman–Crippen LogP) is 4.46. The monoisotopic (exact) mass is 519 g/mol. The standard InChI is InChI=1S/C30H37N3O5/c1-21(28(35)32-18-24-15-10-14-23-13-8-9-16-26(23)24)31-19-25(33-29(36)38-30(2,3)4)17-27(34)37-20-22-11-6-5-7-12-22/h5-16,21,25,31H,17-20H2,1-4H3,(H,32,35)(H,33,36). The molecule has 0 heterocycles. The van der Waals surface area contributed by atoms with Gasteiger partial charge in [-0.2, -0.15) is 0 Å². The summed E-state index contributed by atoms with van der Waals surface area (Å²) in [5, 5.41) is 11.0. The van der Waals surface area contributed by atoms with Gasteiger partial charge in [0, 0.05) is 13.1 Å². The van der Waals surface area contributed by atoms with Gasteiger partial charge in [-0.3, -0.25) is 9.59 Å². The van der Waals surface area contributed by atoms with Crippen LogP contribution in [-0.4, -0.2) is 42.2 Å². The van der Waals surface area contributed by atoms with Gasteiger partial charge in [0.15, 0.2) is 0 Å². The molecule has 3 aromatic rings. The minimum absolute atomic E-state index is 0.0799. The molecule has 0 radical (unpaired) electrons. The van der Waals surface area contributed by atoms with Crippen LogP contribution in [0.2, 0.25) is 0 Å². The average Bonchev–Trinajstić information content (AvgIpc) is 2.88. The predicted molar refractivity (Wildman–Crippen MR) is 147 cm³/mol. The summed E-state index contributed by atoms with van der Waals surface area (Å²) in [4.78, 5) is 37.7. The molecule has 3 aromatic carbocycles. The van der Waals surface area contributed by atoms with Gasteiger partial charge in [-0.05, 0) is 49.6 Å². The topological polar surface area (TPSA) is 106 Å². The van der Waals surface area contributed by atoms with Gasteiger partial charge in [-0.15, -0.1) is 0 Å². The number of carbonyl (C=O) groups excluding carboxylic acids is 3. The average molecular weight is 520 g/mol. The fourth-order valence-electron chi connectivity index (χ4n) is 3.84. The molecule has 2 amide bonds. The Morgan fingerprint density at radius 3 is 2.32 bits per heavy atom. The van der Waals surface area contributed by atoms with Crippen LogP contribution in [0.5, 0.6) is 0 Å². The molecule has 0 aromatic heterocycles. The summed E-state index contributed by atoms with van der Waals surface area (Å²) in [5.41, 5.74) is 1.20. The first-order valence-electron chi connectivity index (χ1n) is 12.8. The lowest BCUT2D eigenvalue weighted by atomic mass is 10.0. The Bertz CT molecular complexity index is 1220. The molecule has 38 heavy (non-hydrogen) atoms. The molecule has 2 atom stereocenters. The van der Waals surface area contributed by atoms with Crippen LogP contribution in [0, 0.1) is 0 Å². The van der Waals surface area contributed by atoms with Gasteiger partial charge >= 0.3 is 12.1 Å². The molecule has 3 N–H and O–H groups in total. The minimum atomic E-state index is -0.690. The van der Waals surface area contributed by atoms with Crippen LogP contribution in [0.3, 0.4) is 0 Å². The molecular formula is C30H37N3O5. The largest absolute Gasteiger partial charge is 0.461 e. The van der Waals surface area contributed by atoms with E-state index in [9.17, 15) is 14.4 Å². The molecule has 8 nitrogen and oxygen atoms in total. The second-order valence-corrected chi connectivity index (χ2v) is 10.2. The van der Waals surface area contributed by atoms with Gasteiger partial charge in [0.05, 0.1) is 18.5 Å². The number of benzene rings is 3. The highest BCUT2D eigenvalue weighted by Crippen LogP contribution is 2.18. The maximum absolute atomic E-state index is 12.8. The SMILES string of the molecule is CC(NCC(CC(=O)OCc1ccccc1)NC(=O)OC(C)(C)C)C(=O)NCc1cccc2ccccc12. The van der Waals surface area contributed by atoms with Gasteiger partial charge in [0.2, 0.25) is 5.91 Å². The maximum atomic E-state index is 12.8. The second kappa shape index (κ2) is 13.6. The molecule has 2 unspecified atom stereocenters. The zero-order valence-corrected chi connectivity index (χ0v) is 22.5. The van der Waals surface area contributed by atoms with Crippen LogP contribution in [0.4, 0.5) is 4.79 Å². The number of amides is 2. The number of esters is 1. The van der Waals surface area contributed by atoms with Crippen molar-refractivity contribution < 1.29 is 23.9 Å². The summed E-state index contributed by atoms with van der Waals surface area (Å²) in [6.45, 7) is 7.71. The summed E-state index contributed by atoms with van der Waals surface area (Å²) in [5.74, 6) is -0.662. The highest BCUT2D eigenvalue weighted by molar-refractivity contribution is 5.86. The first-order valence-corrected chi connectivity index (χ1v) is 12.8. The molecule has 0 aliphatic heterocycles. The number of alkyl carbamates (subject to hydrolysis) is 1. The quantitative estimate of drug-likeness (QED) is 0.323. The van der Waals surface area contributed by atoms with Crippen LogP contribution in [-0.2, 0) is 32.2 Å². The van der Waals surface area contributed by atoms with Gasteiger partial charge in [-0.1, -0.05) is 72.8 Å². The lowest BCUT2D eigenvalue weighted by Crippen LogP contribution is -2.50. The Morgan fingerprint density at radius 2 is 1.58 bits per heavy atom. The van der Waals surface area contributed by atoms with Crippen LogP contribution >= 0.6 is 0 Å². The summed E-state index contributed by atoms with van der Waals surface area (Å²) >= 11 is 0. The number of ether oxygens (including phenoxy) is 2. The van der Waals surface area contributed by atoms with E-state index in [0.717, 1.165) is 21.9 Å². The molecule has 8 heteroatoms. The normalized spacial score (nSPS) is 12.8. The van der Waals surface area contributed by atoms with Crippen LogP contribution in [0.1, 0.15) is 45.2 Å². The van der Waals surface area contributed by atoms with Crippen molar-refractivity contribution in [2.45, 2.75) is 65.0 Å². The minimum Gasteiger partial charge on any atom is -0.461 e. The molecule has 3 rings (SSSR count). The molecule has 0 aliphatic carbocycles. The van der Waals surface area contributed by atoms with Gasteiger partial charge in [0.25, 0.3) is 0 Å². The van der Waals surface area contributed by atoms with E-state index >= 15 is 0 Å². The van der Waals surface area contributed by atoms with Crippen molar-refractivity contribution >= 4 is 28.7 Å².